The molecule has 0 atom stereocenters. The third-order valence-electron chi connectivity index (χ3n) is 3.49. The lowest BCUT2D eigenvalue weighted by atomic mass is 10.0. The summed E-state index contributed by atoms with van der Waals surface area (Å²) in [5.41, 5.74) is 1.27. The molecule has 2 N–H and O–H groups in total. The first-order chi connectivity index (χ1) is 9.29. The molecule has 1 aliphatic heterocycles. The van der Waals surface area contributed by atoms with Crippen molar-refractivity contribution in [2.45, 2.75) is 32.2 Å². The van der Waals surface area contributed by atoms with Crippen molar-refractivity contribution in [3.05, 3.63) is 30.3 Å². The molecule has 1 aromatic carbocycles. The molecule has 2 amide bonds. The summed E-state index contributed by atoms with van der Waals surface area (Å²) in [5, 5.41) is 5.91. The van der Waals surface area contributed by atoms with Crippen molar-refractivity contribution in [2.24, 2.45) is 0 Å². The minimum Gasteiger partial charge on any atom is -0.371 e. The van der Waals surface area contributed by atoms with Gasteiger partial charge in [-0.1, -0.05) is 25.1 Å². The van der Waals surface area contributed by atoms with Crippen molar-refractivity contribution in [1.29, 1.82) is 0 Å². The maximum atomic E-state index is 11.6. The van der Waals surface area contributed by atoms with E-state index in [1.807, 2.05) is 6.07 Å². The summed E-state index contributed by atoms with van der Waals surface area (Å²) in [6.07, 6.45) is 2.99. The molecule has 0 aliphatic carbocycles. The van der Waals surface area contributed by atoms with Crippen LogP contribution in [-0.2, 0) is 0 Å². The van der Waals surface area contributed by atoms with Gasteiger partial charge in [-0.25, -0.2) is 4.79 Å². The number of benzene rings is 1. The van der Waals surface area contributed by atoms with E-state index in [0.717, 1.165) is 38.9 Å². The number of hydrogen-bond acceptors (Lipinski definition) is 2. The first kappa shape index (κ1) is 13.7. The number of piperidine rings is 1. The van der Waals surface area contributed by atoms with Crippen molar-refractivity contribution >= 4 is 11.7 Å². The molecule has 0 bridgehead atoms. The molecular formula is C15H23N3O. The molecule has 2 rings (SSSR count). The molecule has 0 radical (unpaired) electrons. The van der Waals surface area contributed by atoms with Crippen LogP contribution in [-0.4, -0.2) is 31.7 Å². The van der Waals surface area contributed by atoms with Gasteiger partial charge in [0.15, 0.2) is 0 Å². The molecule has 1 aromatic rings. The maximum Gasteiger partial charge on any atom is 0.315 e. The predicted octanol–water partition coefficient (Wildman–Crippen LogP) is 2.36. The summed E-state index contributed by atoms with van der Waals surface area (Å²) in [4.78, 5) is 14.0. The van der Waals surface area contributed by atoms with Gasteiger partial charge in [-0.3, -0.25) is 0 Å². The second-order valence-corrected chi connectivity index (χ2v) is 5.00. The highest BCUT2D eigenvalue weighted by atomic mass is 16.2. The lowest BCUT2D eigenvalue weighted by Gasteiger charge is -2.33. The van der Waals surface area contributed by atoms with Crippen molar-refractivity contribution in [3.8, 4) is 0 Å². The summed E-state index contributed by atoms with van der Waals surface area (Å²) in [5.74, 6) is 0. The first-order valence-electron chi connectivity index (χ1n) is 7.14. The van der Waals surface area contributed by atoms with E-state index in [1.54, 1.807) is 0 Å². The number of carbonyl (C=O) groups excluding carboxylic acids is 1. The number of hydrogen-bond donors (Lipinski definition) is 2. The molecule has 0 unspecified atom stereocenters. The van der Waals surface area contributed by atoms with E-state index < -0.39 is 0 Å². The number of amides is 2. The number of anilines is 1. The van der Waals surface area contributed by atoms with E-state index in [2.05, 4.69) is 46.7 Å². The zero-order valence-corrected chi connectivity index (χ0v) is 11.6. The maximum absolute atomic E-state index is 11.6. The zero-order chi connectivity index (χ0) is 13.5. The Morgan fingerprint density at radius 1 is 1.26 bits per heavy atom. The molecule has 4 nitrogen and oxygen atoms in total. The Balaban J connectivity index is 1.75. The van der Waals surface area contributed by atoms with Crippen LogP contribution in [0.2, 0.25) is 0 Å². The van der Waals surface area contributed by atoms with Crippen molar-refractivity contribution in [2.75, 3.05) is 24.5 Å². The van der Waals surface area contributed by atoms with Gasteiger partial charge in [0.05, 0.1) is 0 Å². The summed E-state index contributed by atoms with van der Waals surface area (Å²) in [6, 6.07) is 10.7. The zero-order valence-electron chi connectivity index (χ0n) is 11.6. The van der Waals surface area contributed by atoms with Crippen LogP contribution in [0.1, 0.15) is 26.2 Å². The number of carbonyl (C=O) groups is 1. The fourth-order valence-corrected chi connectivity index (χ4v) is 2.40. The van der Waals surface area contributed by atoms with Gasteiger partial charge >= 0.3 is 6.03 Å². The number of para-hydroxylation sites is 1. The van der Waals surface area contributed by atoms with Crippen molar-refractivity contribution < 1.29 is 4.79 Å². The normalized spacial score (nSPS) is 16.2. The third-order valence-corrected chi connectivity index (χ3v) is 3.49. The quantitative estimate of drug-likeness (QED) is 0.874. The second kappa shape index (κ2) is 7.02. The molecule has 1 fully saturated rings. The molecule has 4 heteroatoms. The van der Waals surface area contributed by atoms with Crippen molar-refractivity contribution in [3.63, 3.8) is 0 Å². The standard InChI is InChI=1S/C15H23N3O/c1-2-10-16-15(19)17-13-8-11-18(12-9-13)14-6-4-3-5-7-14/h3-7,13H,2,8-12H2,1H3,(H2,16,17,19). The van der Waals surface area contributed by atoms with Gasteiger partial charge in [0.1, 0.15) is 0 Å². The van der Waals surface area contributed by atoms with Crippen molar-refractivity contribution in [1.82, 2.24) is 10.6 Å². The Hall–Kier alpha value is -1.71. The largest absolute Gasteiger partial charge is 0.371 e. The van der Waals surface area contributed by atoms with Crippen LogP contribution in [0.5, 0.6) is 0 Å². The van der Waals surface area contributed by atoms with E-state index in [1.165, 1.54) is 5.69 Å². The molecule has 1 saturated heterocycles. The topological polar surface area (TPSA) is 44.4 Å². The number of nitrogens with one attached hydrogen (secondary N) is 2. The Labute approximate surface area is 115 Å². The van der Waals surface area contributed by atoms with Crippen LogP contribution >= 0.6 is 0 Å². The Morgan fingerprint density at radius 2 is 1.95 bits per heavy atom. The molecule has 0 saturated carbocycles. The molecule has 1 heterocycles. The highest BCUT2D eigenvalue weighted by Gasteiger charge is 2.20. The number of rotatable bonds is 4. The van der Waals surface area contributed by atoms with E-state index in [0.29, 0.717) is 6.04 Å². The first-order valence-corrected chi connectivity index (χ1v) is 7.14. The van der Waals surface area contributed by atoms with Crippen LogP contribution in [0.15, 0.2) is 30.3 Å². The number of nitrogens with zero attached hydrogens (tertiary/aromatic N) is 1. The van der Waals surface area contributed by atoms with E-state index in [9.17, 15) is 4.79 Å². The average molecular weight is 261 g/mol. The van der Waals surface area contributed by atoms with Crippen LogP contribution in [0.3, 0.4) is 0 Å². The van der Waals surface area contributed by atoms with Gasteiger partial charge < -0.3 is 15.5 Å². The van der Waals surface area contributed by atoms with Gasteiger partial charge in [-0.05, 0) is 31.4 Å². The summed E-state index contributed by atoms with van der Waals surface area (Å²) in [7, 11) is 0. The minimum absolute atomic E-state index is 0.0278. The summed E-state index contributed by atoms with van der Waals surface area (Å²) < 4.78 is 0. The second-order valence-electron chi connectivity index (χ2n) is 5.00. The van der Waals surface area contributed by atoms with Crippen LogP contribution in [0.4, 0.5) is 10.5 Å². The Morgan fingerprint density at radius 3 is 2.58 bits per heavy atom. The summed E-state index contributed by atoms with van der Waals surface area (Å²) >= 11 is 0. The highest BCUT2D eigenvalue weighted by Crippen LogP contribution is 2.19. The third kappa shape index (κ3) is 4.16. The Bertz CT molecular complexity index is 386. The predicted molar refractivity (Wildman–Crippen MR) is 78.5 cm³/mol. The van der Waals surface area contributed by atoms with Gasteiger partial charge in [0.25, 0.3) is 0 Å². The van der Waals surface area contributed by atoms with E-state index in [4.69, 9.17) is 0 Å². The molecule has 0 spiro atoms. The van der Waals surface area contributed by atoms with Gasteiger partial charge in [0.2, 0.25) is 0 Å². The smallest absolute Gasteiger partial charge is 0.315 e. The van der Waals surface area contributed by atoms with Gasteiger partial charge in [-0.2, -0.15) is 0 Å². The van der Waals surface area contributed by atoms with Gasteiger partial charge in [-0.15, -0.1) is 0 Å². The average Bonchev–Trinajstić information content (AvgIpc) is 2.47. The fraction of sp³-hybridized carbons (Fsp3) is 0.533. The minimum atomic E-state index is -0.0278. The molecule has 19 heavy (non-hydrogen) atoms. The Kier molecular flexibility index (Phi) is 5.07. The monoisotopic (exact) mass is 261 g/mol. The van der Waals surface area contributed by atoms with Crippen LogP contribution in [0, 0.1) is 0 Å². The van der Waals surface area contributed by atoms with Gasteiger partial charge in [0, 0.05) is 31.4 Å². The SMILES string of the molecule is CCCNC(=O)NC1CCN(c2ccccc2)CC1. The fourth-order valence-electron chi connectivity index (χ4n) is 2.40. The lowest BCUT2D eigenvalue weighted by molar-refractivity contribution is 0.234. The van der Waals surface area contributed by atoms with Crippen LogP contribution < -0.4 is 15.5 Å². The molecule has 1 aliphatic rings. The number of urea groups is 1. The molecule has 0 aromatic heterocycles. The lowest BCUT2D eigenvalue weighted by Crippen LogP contribution is -2.48. The van der Waals surface area contributed by atoms with E-state index >= 15 is 0 Å². The van der Waals surface area contributed by atoms with E-state index in [-0.39, 0.29) is 6.03 Å². The highest BCUT2D eigenvalue weighted by molar-refractivity contribution is 5.74. The molecular weight excluding hydrogens is 238 g/mol. The van der Waals surface area contributed by atoms with Crippen LogP contribution in [0.25, 0.3) is 0 Å². The summed E-state index contributed by atoms with van der Waals surface area (Å²) in [6.45, 7) is 4.80. The molecule has 104 valence electrons.